The van der Waals surface area contributed by atoms with Gasteiger partial charge >= 0.3 is 0 Å². The fourth-order valence-electron chi connectivity index (χ4n) is 2.69. The Hall–Kier alpha value is -0.990. The average molecular weight is 249 g/mol. The van der Waals surface area contributed by atoms with Crippen LogP contribution in [0.2, 0.25) is 0 Å². The van der Waals surface area contributed by atoms with Crippen LogP contribution in [-0.2, 0) is 6.42 Å². The van der Waals surface area contributed by atoms with E-state index in [-0.39, 0.29) is 0 Å². The van der Waals surface area contributed by atoms with Crippen molar-refractivity contribution in [1.29, 1.82) is 0 Å². The van der Waals surface area contributed by atoms with Crippen molar-refractivity contribution in [1.82, 2.24) is 9.78 Å². The van der Waals surface area contributed by atoms with E-state index < -0.39 is 0 Å². The highest BCUT2D eigenvalue weighted by atomic mass is 15.4. The Morgan fingerprint density at radius 1 is 1.39 bits per heavy atom. The second kappa shape index (κ2) is 5.77. The molecule has 2 atom stereocenters. The first-order valence-electron chi connectivity index (χ1n) is 7.49. The van der Waals surface area contributed by atoms with Crippen molar-refractivity contribution in [3.05, 3.63) is 11.8 Å². The van der Waals surface area contributed by atoms with Gasteiger partial charge in [0.25, 0.3) is 0 Å². The molecule has 0 radical (unpaired) electrons. The monoisotopic (exact) mass is 249 g/mol. The molecule has 1 aliphatic heterocycles. The Balaban J connectivity index is 2.13. The van der Waals surface area contributed by atoms with Crippen LogP contribution in [0.5, 0.6) is 0 Å². The van der Waals surface area contributed by atoms with E-state index >= 15 is 0 Å². The predicted octanol–water partition coefficient (Wildman–Crippen LogP) is 4.02. The zero-order valence-electron chi connectivity index (χ0n) is 12.2. The lowest BCUT2D eigenvalue weighted by Gasteiger charge is -2.31. The molecule has 0 bridgehead atoms. The fourth-order valence-corrected chi connectivity index (χ4v) is 2.69. The molecule has 1 aromatic rings. The molecule has 18 heavy (non-hydrogen) atoms. The van der Waals surface area contributed by atoms with Crippen LogP contribution in [0.3, 0.4) is 0 Å². The van der Waals surface area contributed by atoms with Crippen molar-refractivity contribution >= 4 is 5.82 Å². The largest absolute Gasteiger partial charge is 0.367 e. The molecule has 1 N–H and O–H groups in total. The highest BCUT2D eigenvalue weighted by Gasteiger charge is 2.25. The molecule has 3 heteroatoms. The van der Waals surface area contributed by atoms with E-state index in [1.807, 2.05) is 0 Å². The molecule has 2 unspecified atom stereocenters. The molecule has 0 saturated carbocycles. The summed E-state index contributed by atoms with van der Waals surface area (Å²) < 4.78 is 2.22. The molecule has 2 rings (SSSR count). The number of anilines is 1. The van der Waals surface area contributed by atoms with Crippen LogP contribution in [0.1, 0.15) is 65.1 Å². The summed E-state index contributed by atoms with van der Waals surface area (Å²) in [6.07, 6.45) is 5.92. The third-order valence-electron chi connectivity index (χ3n) is 3.98. The first-order chi connectivity index (χ1) is 8.63. The zero-order valence-corrected chi connectivity index (χ0v) is 12.2. The van der Waals surface area contributed by atoms with E-state index in [1.54, 1.807) is 0 Å². The number of nitrogens with one attached hydrogen (secondary N) is 1. The van der Waals surface area contributed by atoms with Crippen molar-refractivity contribution < 1.29 is 0 Å². The Kier molecular flexibility index (Phi) is 4.31. The van der Waals surface area contributed by atoms with Gasteiger partial charge in [-0.3, -0.25) is 0 Å². The van der Waals surface area contributed by atoms with Gasteiger partial charge in [-0.05, 0) is 38.0 Å². The van der Waals surface area contributed by atoms with Crippen molar-refractivity contribution in [3.63, 3.8) is 0 Å². The number of rotatable bonds is 5. The number of aryl methyl sites for hydroxylation is 1. The SMILES string of the molecule is CCC1CC(CC)n2nc(CCC(C)C)cc2N1. The molecular formula is C15H27N3. The smallest absolute Gasteiger partial charge is 0.125 e. The van der Waals surface area contributed by atoms with Crippen LogP contribution in [0.4, 0.5) is 5.82 Å². The lowest BCUT2D eigenvalue weighted by molar-refractivity contribution is 0.360. The Morgan fingerprint density at radius 3 is 2.78 bits per heavy atom. The number of hydrogen-bond donors (Lipinski definition) is 1. The maximum Gasteiger partial charge on any atom is 0.125 e. The second-order valence-electron chi connectivity index (χ2n) is 5.95. The summed E-state index contributed by atoms with van der Waals surface area (Å²) in [5.41, 5.74) is 1.25. The number of nitrogens with zero attached hydrogens (tertiary/aromatic N) is 2. The highest BCUT2D eigenvalue weighted by molar-refractivity contribution is 5.40. The van der Waals surface area contributed by atoms with E-state index in [0.29, 0.717) is 12.1 Å². The predicted molar refractivity (Wildman–Crippen MR) is 77.0 cm³/mol. The van der Waals surface area contributed by atoms with Gasteiger partial charge in [-0.2, -0.15) is 5.10 Å². The number of aromatic nitrogens is 2. The van der Waals surface area contributed by atoms with Gasteiger partial charge in [-0.15, -0.1) is 0 Å². The Labute approximate surface area is 111 Å². The summed E-state index contributed by atoms with van der Waals surface area (Å²) in [7, 11) is 0. The minimum absolute atomic E-state index is 0.582. The van der Waals surface area contributed by atoms with Gasteiger partial charge in [-0.25, -0.2) is 4.68 Å². The van der Waals surface area contributed by atoms with Crippen LogP contribution >= 0.6 is 0 Å². The maximum atomic E-state index is 4.80. The highest BCUT2D eigenvalue weighted by Crippen LogP contribution is 2.31. The van der Waals surface area contributed by atoms with Crippen molar-refractivity contribution in [2.24, 2.45) is 5.92 Å². The van der Waals surface area contributed by atoms with Crippen molar-refractivity contribution in [2.75, 3.05) is 5.32 Å². The van der Waals surface area contributed by atoms with Gasteiger partial charge in [0.15, 0.2) is 0 Å². The molecule has 1 aromatic heterocycles. The quantitative estimate of drug-likeness (QED) is 0.854. The first-order valence-corrected chi connectivity index (χ1v) is 7.49. The molecular weight excluding hydrogens is 222 g/mol. The Morgan fingerprint density at radius 2 is 2.17 bits per heavy atom. The van der Waals surface area contributed by atoms with E-state index in [9.17, 15) is 0 Å². The minimum atomic E-state index is 0.582. The second-order valence-corrected chi connectivity index (χ2v) is 5.95. The van der Waals surface area contributed by atoms with Crippen molar-refractivity contribution in [3.8, 4) is 0 Å². The molecule has 2 heterocycles. The molecule has 1 aliphatic rings. The molecule has 102 valence electrons. The lowest BCUT2D eigenvalue weighted by Crippen LogP contribution is -2.31. The normalized spacial score (nSPS) is 22.9. The summed E-state index contributed by atoms with van der Waals surface area (Å²) in [6.45, 7) is 9.07. The van der Waals surface area contributed by atoms with Crippen LogP contribution in [-0.4, -0.2) is 15.8 Å². The zero-order chi connectivity index (χ0) is 13.1. The summed E-state index contributed by atoms with van der Waals surface area (Å²) in [4.78, 5) is 0. The molecule has 0 aliphatic carbocycles. The fraction of sp³-hybridized carbons (Fsp3) is 0.800. The van der Waals surface area contributed by atoms with E-state index in [0.717, 1.165) is 12.3 Å². The van der Waals surface area contributed by atoms with E-state index in [2.05, 4.69) is 43.8 Å². The van der Waals surface area contributed by atoms with Gasteiger partial charge in [0.1, 0.15) is 5.82 Å². The van der Waals surface area contributed by atoms with Gasteiger partial charge < -0.3 is 5.32 Å². The van der Waals surface area contributed by atoms with Crippen LogP contribution in [0.15, 0.2) is 6.07 Å². The molecule has 0 fully saturated rings. The molecule has 0 amide bonds. The van der Waals surface area contributed by atoms with Crippen LogP contribution in [0.25, 0.3) is 0 Å². The maximum absolute atomic E-state index is 4.80. The summed E-state index contributed by atoms with van der Waals surface area (Å²) in [5, 5.41) is 8.42. The summed E-state index contributed by atoms with van der Waals surface area (Å²) >= 11 is 0. The lowest BCUT2D eigenvalue weighted by atomic mass is 10.0. The van der Waals surface area contributed by atoms with Crippen LogP contribution in [0, 0.1) is 5.92 Å². The van der Waals surface area contributed by atoms with Crippen LogP contribution < -0.4 is 5.32 Å². The topological polar surface area (TPSA) is 29.9 Å². The molecule has 0 saturated heterocycles. The van der Waals surface area contributed by atoms with Gasteiger partial charge in [0, 0.05) is 12.1 Å². The minimum Gasteiger partial charge on any atom is -0.367 e. The molecule has 0 aromatic carbocycles. The van der Waals surface area contributed by atoms with E-state index in [1.165, 1.54) is 37.2 Å². The third-order valence-corrected chi connectivity index (χ3v) is 3.98. The van der Waals surface area contributed by atoms with Gasteiger partial charge in [0.2, 0.25) is 0 Å². The van der Waals surface area contributed by atoms with Gasteiger partial charge in [-0.1, -0.05) is 27.7 Å². The Bertz CT molecular complexity index is 381. The van der Waals surface area contributed by atoms with E-state index in [4.69, 9.17) is 5.10 Å². The summed E-state index contributed by atoms with van der Waals surface area (Å²) in [5.74, 6) is 1.99. The molecule has 3 nitrogen and oxygen atoms in total. The standard InChI is InChI=1S/C15H27N3/c1-5-12-9-14(6-2)18-15(16-12)10-13(17-18)8-7-11(3)4/h10-12,14,16H,5-9H2,1-4H3. The average Bonchev–Trinajstić information content (AvgIpc) is 2.77. The molecule has 0 spiro atoms. The van der Waals surface area contributed by atoms with Crippen molar-refractivity contribution in [2.45, 2.75) is 71.9 Å². The summed E-state index contributed by atoms with van der Waals surface area (Å²) in [6, 6.07) is 3.46. The first kappa shape index (κ1) is 13.4. The van der Waals surface area contributed by atoms with Gasteiger partial charge in [0.05, 0.1) is 11.7 Å². The third kappa shape index (κ3) is 2.88. The number of hydrogen-bond acceptors (Lipinski definition) is 2. The number of fused-ring (bicyclic) bond motifs is 1.